The number of carbonyl (C=O) groups is 1. The van der Waals surface area contributed by atoms with Crippen LogP contribution in [0.5, 0.6) is 5.75 Å². The van der Waals surface area contributed by atoms with Crippen molar-refractivity contribution in [1.29, 1.82) is 0 Å². The maximum atomic E-state index is 12.5. The lowest BCUT2D eigenvalue weighted by atomic mass is 10.1. The second-order valence-electron chi connectivity index (χ2n) is 5.64. The molecule has 1 aliphatic rings. The molecule has 0 saturated carbocycles. The quantitative estimate of drug-likeness (QED) is 0.907. The standard InChI is InChI=1S/C17H18N2O4S/c18-24(21,22)15-7-5-13(6-8-15)11-17(20)19-9-10-23-16-4-2-1-3-14(16)12-19/h1-8H,9-12H2,(H2,18,21,22). The van der Waals surface area contributed by atoms with Gasteiger partial charge in [-0.25, -0.2) is 13.6 Å². The molecule has 0 aromatic heterocycles. The highest BCUT2D eigenvalue weighted by molar-refractivity contribution is 7.89. The van der Waals surface area contributed by atoms with E-state index in [-0.39, 0.29) is 17.2 Å². The predicted octanol–water partition coefficient (Wildman–Crippen LogP) is 1.30. The Labute approximate surface area is 140 Å². The van der Waals surface area contributed by atoms with Crippen molar-refractivity contribution in [2.75, 3.05) is 13.2 Å². The van der Waals surface area contributed by atoms with E-state index in [1.807, 2.05) is 24.3 Å². The smallest absolute Gasteiger partial charge is 0.238 e. The number of nitrogens with two attached hydrogens (primary N) is 1. The molecule has 0 bridgehead atoms. The molecule has 3 rings (SSSR count). The molecular weight excluding hydrogens is 328 g/mol. The average molecular weight is 346 g/mol. The van der Waals surface area contributed by atoms with E-state index < -0.39 is 10.0 Å². The van der Waals surface area contributed by atoms with Gasteiger partial charge in [0.15, 0.2) is 0 Å². The lowest BCUT2D eigenvalue weighted by Gasteiger charge is -2.20. The first-order valence-corrected chi connectivity index (χ1v) is 9.08. The van der Waals surface area contributed by atoms with Gasteiger partial charge in [0, 0.05) is 12.1 Å². The van der Waals surface area contributed by atoms with Crippen LogP contribution in [0.2, 0.25) is 0 Å². The minimum Gasteiger partial charge on any atom is -0.491 e. The molecule has 0 radical (unpaired) electrons. The molecule has 24 heavy (non-hydrogen) atoms. The summed E-state index contributed by atoms with van der Waals surface area (Å²) in [5.74, 6) is 0.781. The Morgan fingerprint density at radius 2 is 1.83 bits per heavy atom. The molecule has 0 spiro atoms. The predicted molar refractivity (Wildman–Crippen MR) is 88.9 cm³/mol. The van der Waals surface area contributed by atoms with Crippen LogP contribution in [0.15, 0.2) is 53.4 Å². The van der Waals surface area contributed by atoms with E-state index in [0.29, 0.717) is 19.7 Å². The molecule has 0 saturated heterocycles. The molecule has 2 N–H and O–H groups in total. The maximum Gasteiger partial charge on any atom is 0.238 e. The van der Waals surface area contributed by atoms with Crippen molar-refractivity contribution in [3.8, 4) is 5.75 Å². The molecule has 126 valence electrons. The van der Waals surface area contributed by atoms with Crippen molar-refractivity contribution in [3.05, 3.63) is 59.7 Å². The monoisotopic (exact) mass is 346 g/mol. The van der Waals surface area contributed by atoms with Crippen LogP contribution in [0, 0.1) is 0 Å². The number of hydrogen-bond acceptors (Lipinski definition) is 4. The first-order valence-electron chi connectivity index (χ1n) is 7.54. The molecule has 0 atom stereocenters. The van der Waals surface area contributed by atoms with Gasteiger partial charge >= 0.3 is 0 Å². The van der Waals surface area contributed by atoms with Gasteiger partial charge in [0.2, 0.25) is 15.9 Å². The van der Waals surface area contributed by atoms with Crippen molar-refractivity contribution >= 4 is 15.9 Å². The molecule has 1 aliphatic heterocycles. The fourth-order valence-corrected chi connectivity index (χ4v) is 3.14. The summed E-state index contributed by atoms with van der Waals surface area (Å²) in [5.41, 5.74) is 1.72. The third kappa shape index (κ3) is 3.74. The second kappa shape index (κ2) is 6.62. The summed E-state index contributed by atoms with van der Waals surface area (Å²) >= 11 is 0. The molecule has 7 heteroatoms. The first-order chi connectivity index (χ1) is 11.4. The molecule has 0 fully saturated rings. The third-order valence-electron chi connectivity index (χ3n) is 3.91. The highest BCUT2D eigenvalue weighted by atomic mass is 32.2. The number of ether oxygens (including phenoxy) is 1. The number of hydrogen-bond donors (Lipinski definition) is 1. The van der Waals surface area contributed by atoms with Gasteiger partial charge in [0.25, 0.3) is 0 Å². The number of nitrogens with zero attached hydrogens (tertiary/aromatic N) is 1. The van der Waals surface area contributed by atoms with Crippen molar-refractivity contribution in [2.45, 2.75) is 17.9 Å². The van der Waals surface area contributed by atoms with E-state index in [2.05, 4.69) is 0 Å². The van der Waals surface area contributed by atoms with Gasteiger partial charge in [-0.1, -0.05) is 30.3 Å². The summed E-state index contributed by atoms with van der Waals surface area (Å²) in [6.45, 7) is 1.47. The Kier molecular flexibility index (Phi) is 4.55. The van der Waals surface area contributed by atoms with Crippen LogP contribution < -0.4 is 9.88 Å². The van der Waals surface area contributed by atoms with Crippen LogP contribution in [0.4, 0.5) is 0 Å². The number of rotatable bonds is 3. The van der Waals surface area contributed by atoms with E-state index in [0.717, 1.165) is 16.9 Å². The van der Waals surface area contributed by atoms with Crippen LogP contribution in [-0.4, -0.2) is 32.4 Å². The molecule has 2 aromatic carbocycles. The largest absolute Gasteiger partial charge is 0.491 e. The van der Waals surface area contributed by atoms with E-state index >= 15 is 0 Å². The number of carbonyl (C=O) groups excluding carboxylic acids is 1. The lowest BCUT2D eigenvalue weighted by molar-refractivity contribution is -0.131. The molecule has 1 heterocycles. The zero-order chi connectivity index (χ0) is 17.2. The fourth-order valence-electron chi connectivity index (χ4n) is 2.62. The topological polar surface area (TPSA) is 89.7 Å². The summed E-state index contributed by atoms with van der Waals surface area (Å²) in [4.78, 5) is 14.3. The highest BCUT2D eigenvalue weighted by Crippen LogP contribution is 2.23. The zero-order valence-electron chi connectivity index (χ0n) is 13.0. The molecule has 6 nitrogen and oxygen atoms in total. The summed E-state index contributed by atoms with van der Waals surface area (Å²) in [6.07, 6.45) is 0.201. The van der Waals surface area contributed by atoms with Crippen LogP contribution in [0.25, 0.3) is 0 Å². The van der Waals surface area contributed by atoms with Gasteiger partial charge in [-0.05, 0) is 23.8 Å². The number of amides is 1. The Balaban J connectivity index is 1.71. The average Bonchev–Trinajstić information content (AvgIpc) is 2.77. The lowest BCUT2D eigenvalue weighted by Crippen LogP contribution is -2.33. The molecule has 0 aliphatic carbocycles. The van der Waals surface area contributed by atoms with Gasteiger partial charge in [-0.2, -0.15) is 0 Å². The summed E-state index contributed by atoms with van der Waals surface area (Å²) in [5, 5.41) is 5.07. The van der Waals surface area contributed by atoms with Crippen LogP contribution >= 0.6 is 0 Å². The normalized spacial score (nSPS) is 14.5. The SMILES string of the molecule is NS(=O)(=O)c1ccc(CC(=O)N2CCOc3ccccc3C2)cc1. The van der Waals surface area contributed by atoms with E-state index in [1.54, 1.807) is 17.0 Å². The summed E-state index contributed by atoms with van der Waals surface area (Å²) in [6, 6.07) is 13.7. The van der Waals surface area contributed by atoms with E-state index in [4.69, 9.17) is 9.88 Å². The molecule has 2 aromatic rings. The van der Waals surface area contributed by atoms with Gasteiger partial charge in [-0.3, -0.25) is 4.79 Å². The van der Waals surface area contributed by atoms with Gasteiger partial charge in [-0.15, -0.1) is 0 Å². The number of primary sulfonamides is 1. The van der Waals surface area contributed by atoms with Gasteiger partial charge in [0.1, 0.15) is 12.4 Å². The molecular formula is C17H18N2O4S. The zero-order valence-corrected chi connectivity index (χ0v) is 13.8. The van der Waals surface area contributed by atoms with Crippen LogP contribution in [0.3, 0.4) is 0 Å². The maximum absolute atomic E-state index is 12.5. The van der Waals surface area contributed by atoms with Crippen LogP contribution in [-0.2, 0) is 27.8 Å². The minimum absolute atomic E-state index is 0.0290. The highest BCUT2D eigenvalue weighted by Gasteiger charge is 2.19. The van der Waals surface area contributed by atoms with Crippen molar-refractivity contribution in [1.82, 2.24) is 4.90 Å². The fraction of sp³-hybridized carbons (Fsp3) is 0.235. The van der Waals surface area contributed by atoms with Crippen LogP contribution in [0.1, 0.15) is 11.1 Å². The Morgan fingerprint density at radius 1 is 1.12 bits per heavy atom. The van der Waals surface area contributed by atoms with E-state index in [1.165, 1.54) is 12.1 Å². The Bertz CT molecular complexity index is 847. The number of sulfonamides is 1. The first kappa shape index (κ1) is 16.5. The molecule has 0 unspecified atom stereocenters. The minimum atomic E-state index is -3.72. The van der Waals surface area contributed by atoms with Gasteiger partial charge < -0.3 is 9.64 Å². The van der Waals surface area contributed by atoms with E-state index in [9.17, 15) is 13.2 Å². The Hall–Kier alpha value is -2.38. The number of fused-ring (bicyclic) bond motifs is 1. The second-order valence-corrected chi connectivity index (χ2v) is 7.20. The summed E-state index contributed by atoms with van der Waals surface area (Å²) in [7, 11) is -3.72. The number of benzene rings is 2. The van der Waals surface area contributed by atoms with Crippen molar-refractivity contribution in [2.24, 2.45) is 5.14 Å². The van der Waals surface area contributed by atoms with Crippen molar-refractivity contribution < 1.29 is 17.9 Å². The molecule has 1 amide bonds. The van der Waals surface area contributed by atoms with Gasteiger partial charge in [0.05, 0.1) is 17.9 Å². The van der Waals surface area contributed by atoms with Crippen molar-refractivity contribution in [3.63, 3.8) is 0 Å². The number of para-hydroxylation sites is 1. The Morgan fingerprint density at radius 3 is 2.54 bits per heavy atom. The summed E-state index contributed by atoms with van der Waals surface area (Å²) < 4.78 is 28.2. The third-order valence-corrected chi connectivity index (χ3v) is 4.84.